The van der Waals surface area contributed by atoms with Crippen LogP contribution in [0.4, 0.5) is 0 Å². The van der Waals surface area contributed by atoms with Crippen LogP contribution in [0.25, 0.3) is 0 Å². The maximum Gasteiger partial charge on any atom is 0.0601 e. The monoisotopic (exact) mass is 156 g/mol. The molecule has 0 bridgehead atoms. The molecule has 1 nitrogen and oxygen atoms in total. The number of hydrogen-bond acceptors (Lipinski definition) is 1. The molecule has 0 radical (unpaired) electrons. The highest BCUT2D eigenvalue weighted by Gasteiger charge is 2.22. The molecule has 1 heteroatoms. The van der Waals surface area contributed by atoms with Crippen LogP contribution in [0.5, 0.6) is 0 Å². The Bertz CT molecular complexity index is 101. The highest BCUT2D eigenvalue weighted by atomic mass is 16.5. The van der Waals surface area contributed by atoms with E-state index in [4.69, 9.17) is 4.74 Å². The summed E-state index contributed by atoms with van der Waals surface area (Å²) in [6.07, 6.45) is 7.19. The van der Waals surface area contributed by atoms with Crippen LogP contribution in [0.3, 0.4) is 0 Å². The van der Waals surface area contributed by atoms with Gasteiger partial charge in [-0.15, -0.1) is 0 Å². The van der Waals surface area contributed by atoms with Crippen LogP contribution in [0.2, 0.25) is 0 Å². The molecule has 0 aromatic heterocycles. The van der Waals surface area contributed by atoms with Crippen molar-refractivity contribution in [2.45, 2.75) is 52.1 Å². The molecule has 1 aliphatic heterocycles. The highest BCUT2D eigenvalue weighted by Crippen LogP contribution is 2.24. The SMILES string of the molecule is CCCCCC1OCC[C@H]1C. The van der Waals surface area contributed by atoms with Crippen LogP contribution in [-0.2, 0) is 4.74 Å². The summed E-state index contributed by atoms with van der Waals surface area (Å²) in [6.45, 7) is 5.56. The van der Waals surface area contributed by atoms with Crippen molar-refractivity contribution in [3.8, 4) is 0 Å². The maximum absolute atomic E-state index is 5.61. The van der Waals surface area contributed by atoms with Gasteiger partial charge in [-0.25, -0.2) is 0 Å². The van der Waals surface area contributed by atoms with Gasteiger partial charge in [-0.1, -0.05) is 33.1 Å². The third kappa shape index (κ3) is 2.82. The van der Waals surface area contributed by atoms with Gasteiger partial charge in [0.2, 0.25) is 0 Å². The molecular weight excluding hydrogens is 136 g/mol. The standard InChI is InChI=1S/C10H20O/c1-3-4-5-6-10-9(2)7-8-11-10/h9-10H,3-8H2,1-2H3/t9-,10?/m1/s1. The van der Waals surface area contributed by atoms with Gasteiger partial charge in [0.1, 0.15) is 0 Å². The molecule has 0 aliphatic carbocycles. The lowest BCUT2D eigenvalue weighted by atomic mass is 9.99. The normalized spacial score (nSPS) is 31.1. The molecule has 1 heterocycles. The van der Waals surface area contributed by atoms with E-state index in [1.807, 2.05) is 0 Å². The largest absolute Gasteiger partial charge is 0.378 e. The van der Waals surface area contributed by atoms with E-state index in [9.17, 15) is 0 Å². The number of rotatable bonds is 4. The molecule has 0 amide bonds. The summed E-state index contributed by atoms with van der Waals surface area (Å²) in [5.41, 5.74) is 0. The molecule has 1 saturated heterocycles. The molecule has 1 aliphatic rings. The molecule has 0 aromatic rings. The summed E-state index contributed by atoms with van der Waals surface area (Å²) in [5, 5.41) is 0. The first kappa shape index (κ1) is 9.05. The summed E-state index contributed by atoms with van der Waals surface area (Å²) >= 11 is 0. The lowest BCUT2D eigenvalue weighted by Gasteiger charge is -2.13. The first-order valence-corrected chi connectivity index (χ1v) is 4.96. The van der Waals surface area contributed by atoms with Gasteiger partial charge in [0.05, 0.1) is 6.10 Å². The van der Waals surface area contributed by atoms with Crippen molar-refractivity contribution in [1.29, 1.82) is 0 Å². The molecule has 66 valence electrons. The molecule has 2 atom stereocenters. The van der Waals surface area contributed by atoms with E-state index in [2.05, 4.69) is 13.8 Å². The Kier molecular flexibility index (Phi) is 3.92. The van der Waals surface area contributed by atoms with Crippen molar-refractivity contribution in [2.24, 2.45) is 5.92 Å². The maximum atomic E-state index is 5.61. The van der Waals surface area contributed by atoms with Crippen molar-refractivity contribution in [3.63, 3.8) is 0 Å². The van der Waals surface area contributed by atoms with Crippen molar-refractivity contribution in [3.05, 3.63) is 0 Å². The average Bonchev–Trinajstić information content (AvgIpc) is 2.37. The fraction of sp³-hybridized carbons (Fsp3) is 1.00. The molecule has 1 rings (SSSR count). The smallest absolute Gasteiger partial charge is 0.0601 e. The molecular formula is C10H20O. The molecule has 1 fully saturated rings. The van der Waals surface area contributed by atoms with Crippen LogP contribution in [0.15, 0.2) is 0 Å². The van der Waals surface area contributed by atoms with Crippen molar-refractivity contribution in [1.82, 2.24) is 0 Å². The lowest BCUT2D eigenvalue weighted by molar-refractivity contribution is 0.0848. The first-order valence-electron chi connectivity index (χ1n) is 4.96. The summed E-state index contributed by atoms with van der Waals surface area (Å²) < 4.78 is 5.61. The second-order valence-electron chi connectivity index (χ2n) is 3.67. The topological polar surface area (TPSA) is 9.23 Å². The second kappa shape index (κ2) is 4.76. The Morgan fingerprint density at radius 3 is 2.73 bits per heavy atom. The Balaban J connectivity index is 2.05. The minimum absolute atomic E-state index is 0.585. The minimum atomic E-state index is 0.585. The molecule has 0 saturated carbocycles. The van der Waals surface area contributed by atoms with Crippen molar-refractivity contribution >= 4 is 0 Å². The van der Waals surface area contributed by atoms with Crippen LogP contribution in [0, 0.1) is 5.92 Å². The summed E-state index contributed by atoms with van der Waals surface area (Å²) in [5.74, 6) is 0.812. The van der Waals surface area contributed by atoms with Crippen LogP contribution in [0.1, 0.15) is 46.0 Å². The summed E-state index contributed by atoms with van der Waals surface area (Å²) in [7, 11) is 0. The minimum Gasteiger partial charge on any atom is -0.378 e. The van der Waals surface area contributed by atoms with Crippen LogP contribution in [-0.4, -0.2) is 12.7 Å². The molecule has 1 unspecified atom stereocenters. The van der Waals surface area contributed by atoms with Gasteiger partial charge < -0.3 is 4.74 Å². The van der Waals surface area contributed by atoms with Crippen molar-refractivity contribution < 1.29 is 4.74 Å². The number of hydrogen-bond donors (Lipinski definition) is 0. The lowest BCUT2D eigenvalue weighted by Crippen LogP contribution is -2.12. The zero-order valence-corrected chi connectivity index (χ0v) is 7.81. The van der Waals surface area contributed by atoms with Gasteiger partial charge >= 0.3 is 0 Å². The van der Waals surface area contributed by atoms with Gasteiger partial charge in [-0.2, -0.15) is 0 Å². The third-order valence-electron chi connectivity index (χ3n) is 2.63. The van der Waals surface area contributed by atoms with Crippen molar-refractivity contribution in [2.75, 3.05) is 6.61 Å². The third-order valence-corrected chi connectivity index (χ3v) is 2.63. The Morgan fingerprint density at radius 2 is 2.18 bits per heavy atom. The zero-order chi connectivity index (χ0) is 8.10. The van der Waals surface area contributed by atoms with Gasteiger partial charge in [0.25, 0.3) is 0 Å². The van der Waals surface area contributed by atoms with E-state index in [-0.39, 0.29) is 0 Å². The van der Waals surface area contributed by atoms with Gasteiger partial charge in [0, 0.05) is 6.61 Å². The number of ether oxygens (including phenoxy) is 1. The summed E-state index contributed by atoms with van der Waals surface area (Å²) in [4.78, 5) is 0. The van der Waals surface area contributed by atoms with E-state index >= 15 is 0 Å². The predicted octanol–water partition coefficient (Wildman–Crippen LogP) is 2.99. The second-order valence-corrected chi connectivity index (χ2v) is 3.67. The highest BCUT2D eigenvalue weighted by molar-refractivity contribution is 4.72. The van der Waals surface area contributed by atoms with E-state index in [1.165, 1.54) is 32.1 Å². The summed E-state index contributed by atoms with van der Waals surface area (Å²) in [6, 6.07) is 0. The molecule has 0 spiro atoms. The zero-order valence-electron chi connectivity index (χ0n) is 7.81. The quantitative estimate of drug-likeness (QED) is 0.568. The first-order chi connectivity index (χ1) is 5.34. The Labute approximate surface area is 70.1 Å². The van der Waals surface area contributed by atoms with E-state index in [1.54, 1.807) is 0 Å². The Hall–Kier alpha value is -0.0400. The molecule has 11 heavy (non-hydrogen) atoms. The fourth-order valence-electron chi connectivity index (χ4n) is 1.72. The van der Waals surface area contributed by atoms with Crippen LogP contribution < -0.4 is 0 Å². The van der Waals surface area contributed by atoms with E-state index in [0.29, 0.717) is 6.10 Å². The fourth-order valence-corrected chi connectivity index (χ4v) is 1.72. The number of unbranched alkanes of at least 4 members (excludes halogenated alkanes) is 2. The van der Waals surface area contributed by atoms with E-state index < -0.39 is 0 Å². The van der Waals surface area contributed by atoms with E-state index in [0.717, 1.165) is 12.5 Å². The average molecular weight is 156 g/mol. The molecule has 0 N–H and O–H groups in total. The molecule has 0 aromatic carbocycles. The van der Waals surface area contributed by atoms with Crippen LogP contribution >= 0.6 is 0 Å². The van der Waals surface area contributed by atoms with Gasteiger partial charge in [-0.05, 0) is 18.8 Å². The van der Waals surface area contributed by atoms with Gasteiger partial charge in [0.15, 0.2) is 0 Å². The predicted molar refractivity (Wildman–Crippen MR) is 47.7 cm³/mol. The van der Waals surface area contributed by atoms with Gasteiger partial charge in [-0.3, -0.25) is 0 Å². The Morgan fingerprint density at radius 1 is 1.36 bits per heavy atom.